The van der Waals surface area contributed by atoms with Crippen molar-refractivity contribution in [1.82, 2.24) is 5.32 Å². The Hall–Kier alpha value is -3.11. The van der Waals surface area contributed by atoms with Crippen molar-refractivity contribution in [2.45, 2.75) is 98.0 Å². The molecule has 0 radical (unpaired) electrons. The Morgan fingerprint density at radius 1 is 1.05 bits per heavy atom. The molecule has 0 saturated carbocycles. The summed E-state index contributed by atoms with van der Waals surface area (Å²) < 4.78 is 23.6. The highest BCUT2D eigenvalue weighted by atomic mass is 16.7. The van der Waals surface area contributed by atoms with E-state index in [-0.39, 0.29) is 17.2 Å². The minimum atomic E-state index is -0.613. The Morgan fingerprint density at radius 3 is 2.33 bits per heavy atom. The molecule has 0 spiro atoms. The molecule has 212 valence electrons. The van der Waals surface area contributed by atoms with E-state index in [1.165, 1.54) is 6.07 Å². The van der Waals surface area contributed by atoms with Crippen molar-refractivity contribution in [1.29, 1.82) is 0 Å². The topological polar surface area (TPSA) is 109 Å². The van der Waals surface area contributed by atoms with E-state index in [1.54, 1.807) is 32.9 Å². The molecule has 0 bridgehead atoms. The third-order valence-electron chi connectivity index (χ3n) is 7.05. The molecule has 0 atom stereocenters. The minimum Gasteiger partial charge on any atom is -0.494 e. The number of hydrogen-bond acceptors (Lipinski definition) is 7. The summed E-state index contributed by atoms with van der Waals surface area (Å²) in [6.45, 7) is 16.1. The number of aryl methyl sites for hydroxylation is 2. The summed E-state index contributed by atoms with van der Waals surface area (Å²) in [5.41, 5.74) is 1.90. The van der Waals surface area contributed by atoms with E-state index in [0.29, 0.717) is 24.2 Å². The van der Waals surface area contributed by atoms with Crippen LogP contribution in [0.1, 0.15) is 78.0 Å². The highest BCUT2D eigenvalue weighted by Crippen LogP contribution is 2.37. The van der Waals surface area contributed by atoms with E-state index in [9.17, 15) is 14.9 Å². The molecule has 1 heterocycles. The van der Waals surface area contributed by atoms with Crippen LogP contribution in [0.4, 0.5) is 10.5 Å². The lowest BCUT2D eigenvalue weighted by molar-refractivity contribution is -0.385. The molecule has 2 aromatic rings. The van der Waals surface area contributed by atoms with Crippen molar-refractivity contribution in [3.63, 3.8) is 0 Å². The molecule has 2 aromatic carbocycles. The number of ether oxygens (including phenoxy) is 2. The number of hydrogen-bond donors (Lipinski definition) is 1. The molecule has 1 N–H and O–H groups in total. The van der Waals surface area contributed by atoms with Gasteiger partial charge in [0.05, 0.1) is 22.7 Å². The molecule has 1 fully saturated rings. The number of nitrogens with zero attached hydrogens (tertiary/aromatic N) is 1. The molecule has 1 aliphatic rings. The van der Waals surface area contributed by atoms with E-state index in [4.69, 9.17) is 18.8 Å². The summed E-state index contributed by atoms with van der Waals surface area (Å²) >= 11 is 0. The number of nitro groups is 1. The molecule has 3 rings (SSSR count). The predicted molar refractivity (Wildman–Crippen MR) is 151 cm³/mol. The van der Waals surface area contributed by atoms with Crippen LogP contribution in [0.3, 0.4) is 0 Å². The van der Waals surface area contributed by atoms with Gasteiger partial charge in [0, 0.05) is 18.2 Å². The lowest BCUT2D eigenvalue weighted by atomic mass is 9.76. The fourth-order valence-corrected chi connectivity index (χ4v) is 4.13. The van der Waals surface area contributed by atoms with Crippen molar-refractivity contribution in [3.05, 3.63) is 63.2 Å². The Bertz CT molecular complexity index is 1170. The molecule has 0 aliphatic carbocycles. The van der Waals surface area contributed by atoms with Gasteiger partial charge in [-0.25, -0.2) is 4.79 Å². The molecule has 0 aromatic heterocycles. The summed E-state index contributed by atoms with van der Waals surface area (Å²) in [6.07, 6.45) is 1.45. The smallest absolute Gasteiger partial charge is 0.494 e. The van der Waals surface area contributed by atoms with Gasteiger partial charge in [-0.2, -0.15) is 0 Å². The summed E-state index contributed by atoms with van der Waals surface area (Å²) in [4.78, 5) is 23.2. The second kappa shape index (κ2) is 12.0. The van der Waals surface area contributed by atoms with E-state index in [2.05, 4.69) is 5.32 Å². The van der Waals surface area contributed by atoms with E-state index in [1.807, 2.05) is 52.8 Å². The number of alkyl carbamates (subject to hydrolysis) is 1. The minimum absolute atomic E-state index is 0.0463. The van der Waals surface area contributed by atoms with Crippen LogP contribution in [0, 0.1) is 17.0 Å². The largest absolute Gasteiger partial charge is 0.495 e. The lowest BCUT2D eigenvalue weighted by Gasteiger charge is -2.32. The normalized spacial score (nSPS) is 16.2. The number of nitrogens with one attached hydrogen (secondary N) is 1. The molecule has 1 amide bonds. The summed E-state index contributed by atoms with van der Waals surface area (Å²) in [6, 6.07) is 10.9. The van der Waals surface area contributed by atoms with Crippen LogP contribution < -0.4 is 15.5 Å². The first-order valence-corrected chi connectivity index (χ1v) is 13.4. The molecule has 39 heavy (non-hydrogen) atoms. The van der Waals surface area contributed by atoms with Crippen molar-refractivity contribution in [2.24, 2.45) is 0 Å². The summed E-state index contributed by atoms with van der Waals surface area (Å²) in [5.74, 6) is 0.734. The highest BCUT2D eigenvalue weighted by molar-refractivity contribution is 6.62. The Labute approximate surface area is 231 Å². The first-order valence-electron chi connectivity index (χ1n) is 13.4. The van der Waals surface area contributed by atoms with E-state index >= 15 is 0 Å². The third-order valence-corrected chi connectivity index (χ3v) is 7.05. The molecule has 0 unspecified atom stereocenters. The number of nitro benzene ring substituents is 1. The predicted octanol–water partition coefficient (Wildman–Crippen LogP) is 5.63. The van der Waals surface area contributed by atoms with Crippen LogP contribution >= 0.6 is 0 Å². The van der Waals surface area contributed by atoms with Crippen molar-refractivity contribution < 1.29 is 28.5 Å². The van der Waals surface area contributed by atoms with Gasteiger partial charge in [-0.05, 0) is 97.8 Å². The summed E-state index contributed by atoms with van der Waals surface area (Å²) in [7, 11) is -0.457. The number of carbonyl (C=O) groups excluding carboxylic acids is 1. The van der Waals surface area contributed by atoms with Gasteiger partial charge >= 0.3 is 13.2 Å². The van der Waals surface area contributed by atoms with E-state index in [0.717, 1.165) is 29.6 Å². The van der Waals surface area contributed by atoms with Gasteiger partial charge in [0.15, 0.2) is 0 Å². The zero-order valence-electron chi connectivity index (χ0n) is 24.4. The first-order chi connectivity index (χ1) is 18.1. The van der Waals surface area contributed by atoms with Crippen LogP contribution in [-0.2, 0) is 27.0 Å². The highest BCUT2D eigenvalue weighted by Gasteiger charge is 2.52. The number of rotatable bonds is 10. The first kappa shape index (κ1) is 30.4. The maximum absolute atomic E-state index is 11.9. The van der Waals surface area contributed by atoms with Crippen LogP contribution in [0.15, 0.2) is 36.4 Å². The van der Waals surface area contributed by atoms with Gasteiger partial charge in [0.25, 0.3) is 5.69 Å². The lowest BCUT2D eigenvalue weighted by Crippen LogP contribution is -2.41. The maximum atomic E-state index is 11.9. The SMILES string of the molecule is Cc1ccc(OCCCCc2ccc(CNC(=O)OC(C)(C)C)cc2[N+](=O)[O-])cc1B1OC(C)(C)C(C)(C)O1. The van der Waals surface area contributed by atoms with Gasteiger partial charge in [0.1, 0.15) is 11.4 Å². The van der Waals surface area contributed by atoms with Gasteiger partial charge in [0.2, 0.25) is 0 Å². The third kappa shape index (κ3) is 8.19. The molecular weight excluding hydrogens is 499 g/mol. The van der Waals surface area contributed by atoms with Gasteiger partial charge in [-0.1, -0.05) is 23.8 Å². The Balaban J connectivity index is 1.52. The van der Waals surface area contributed by atoms with Crippen LogP contribution in [-0.4, -0.2) is 41.5 Å². The van der Waals surface area contributed by atoms with Crippen LogP contribution in [0.2, 0.25) is 0 Å². The molecule has 1 aliphatic heterocycles. The quantitative estimate of drug-likeness (QED) is 0.180. The number of benzene rings is 2. The second-order valence-corrected chi connectivity index (χ2v) is 12.0. The average molecular weight is 540 g/mol. The Kier molecular flexibility index (Phi) is 9.33. The number of amides is 1. The standard InChI is InChI=1S/C29H41BN2O7/c1-20-12-15-23(18-24(20)30-38-28(5,6)29(7,8)39-30)36-16-10-9-11-22-14-13-21(17-25(22)32(34)35)19-31-26(33)37-27(2,3)4/h12-15,17-18H,9-11,16,19H2,1-8H3,(H,31,33). The average Bonchev–Trinajstić information content (AvgIpc) is 3.04. The number of carbonyl (C=O) groups is 1. The Morgan fingerprint density at radius 2 is 1.72 bits per heavy atom. The zero-order valence-corrected chi connectivity index (χ0v) is 24.4. The number of unbranched alkanes of at least 4 members (excludes halogenated alkanes) is 1. The fourth-order valence-electron chi connectivity index (χ4n) is 4.13. The van der Waals surface area contributed by atoms with Crippen molar-refractivity contribution in [2.75, 3.05) is 6.61 Å². The molecule has 9 nitrogen and oxygen atoms in total. The van der Waals surface area contributed by atoms with Crippen molar-refractivity contribution in [3.8, 4) is 5.75 Å². The van der Waals surface area contributed by atoms with Gasteiger partial charge in [-0.3, -0.25) is 10.1 Å². The fraction of sp³-hybridized carbons (Fsp3) is 0.552. The van der Waals surface area contributed by atoms with Gasteiger partial charge in [-0.15, -0.1) is 0 Å². The van der Waals surface area contributed by atoms with Gasteiger partial charge < -0.3 is 24.1 Å². The van der Waals surface area contributed by atoms with Crippen LogP contribution in [0.5, 0.6) is 5.75 Å². The van der Waals surface area contributed by atoms with Crippen LogP contribution in [0.25, 0.3) is 0 Å². The molecule has 1 saturated heterocycles. The van der Waals surface area contributed by atoms with Crippen molar-refractivity contribution >= 4 is 24.4 Å². The monoisotopic (exact) mass is 540 g/mol. The summed E-state index contributed by atoms with van der Waals surface area (Å²) in [5, 5.41) is 14.3. The maximum Gasteiger partial charge on any atom is 0.495 e. The zero-order chi connectivity index (χ0) is 29.0. The molecule has 10 heteroatoms. The van der Waals surface area contributed by atoms with E-state index < -0.39 is 30.0 Å². The molecular formula is C29H41BN2O7. The second-order valence-electron chi connectivity index (χ2n) is 12.0.